The molecule has 0 radical (unpaired) electrons. The van der Waals surface area contributed by atoms with Gasteiger partial charge in [-0.2, -0.15) is 5.26 Å². The van der Waals surface area contributed by atoms with Crippen LogP contribution in [0.3, 0.4) is 0 Å². The Bertz CT molecular complexity index is 622. The van der Waals surface area contributed by atoms with E-state index in [1.165, 1.54) is 13.0 Å². The summed E-state index contributed by atoms with van der Waals surface area (Å²) in [6.45, 7) is 1.39. The van der Waals surface area contributed by atoms with E-state index < -0.39 is 39.8 Å². The molecule has 1 aromatic carbocycles. The number of alkyl halides is 3. The van der Waals surface area contributed by atoms with E-state index in [0.717, 1.165) is 0 Å². The molecule has 0 aliphatic heterocycles. The zero-order valence-corrected chi connectivity index (χ0v) is 10.4. The van der Waals surface area contributed by atoms with E-state index >= 15 is 0 Å². The highest BCUT2D eigenvalue weighted by Crippen LogP contribution is 2.34. The van der Waals surface area contributed by atoms with Crippen molar-refractivity contribution < 1.29 is 32.4 Å². The van der Waals surface area contributed by atoms with Gasteiger partial charge < -0.3 is 9.47 Å². The number of rotatable bonds is 4. The first kappa shape index (κ1) is 16.2. The number of nitriles is 1. The average molecular weight is 304 g/mol. The van der Waals surface area contributed by atoms with Crippen molar-refractivity contribution in [1.82, 2.24) is 0 Å². The average Bonchev–Trinajstić information content (AvgIpc) is 2.36. The van der Waals surface area contributed by atoms with Gasteiger partial charge in [0.25, 0.3) is 0 Å². The summed E-state index contributed by atoms with van der Waals surface area (Å²) in [6, 6.07) is 2.44. The van der Waals surface area contributed by atoms with Crippen molar-refractivity contribution >= 4 is 11.7 Å². The van der Waals surface area contributed by atoms with Gasteiger partial charge >= 0.3 is 18.0 Å². The SMILES string of the molecule is CCOC(=O)c1cc([N+](=O)[O-])c(OC(F)(F)F)cc1C#N. The van der Waals surface area contributed by atoms with E-state index in [2.05, 4.69) is 9.47 Å². The van der Waals surface area contributed by atoms with E-state index in [4.69, 9.17) is 5.26 Å². The van der Waals surface area contributed by atoms with Crippen LogP contribution in [-0.2, 0) is 4.74 Å². The maximum Gasteiger partial charge on any atom is 0.573 e. The van der Waals surface area contributed by atoms with Crippen molar-refractivity contribution in [3.05, 3.63) is 33.4 Å². The predicted molar refractivity (Wildman–Crippen MR) is 60.5 cm³/mol. The number of benzene rings is 1. The molecule has 0 bridgehead atoms. The van der Waals surface area contributed by atoms with Crippen LogP contribution < -0.4 is 4.74 Å². The number of hydrogen-bond donors (Lipinski definition) is 0. The summed E-state index contributed by atoms with van der Waals surface area (Å²) < 4.78 is 44.6. The van der Waals surface area contributed by atoms with Crippen molar-refractivity contribution in [3.63, 3.8) is 0 Å². The van der Waals surface area contributed by atoms with Gasteiger partial charge in [-0.3, -0.25) is 10.1 Å². The molecule has 0 heterocycles. The number of carbonyl (C=O) groups is 1. The molecule has 0 fully saturated rings. The predicted octanol–water partition coefficient (Wildman–Crippen LogP) is 2.54. The Hall–Kier alpha value is -2.83. The van der Waals surface area contributed by atoms with Crippen LogP contribution in [0.1, 0.15) is 22.8 Å². The summed E-state index contributed by atoms with van der Waals surface area (Å²) >= 11 is 0. The van der Waals surface area contributed by atoms with Crippen LogP contribution in [0, 0.1) is 21.4 Å². The van der Waals surface area contributed by atoms with E-state index in [1.807, 2.05) is 0 Å². The highest BCUT2D eigenvalue weighted by molar-refractivity contribution is 5.93. The summed E-state index contributed by atoms with van der Waals surface area (Å²) in [5, 5.41) is 19.6. The Kier molecular flexibility index (Phi) is 4.70. The molecular weight excluding hydrogens is 297 g/mol. The van der Waals surface area contributed by atoms with Crippen LogP contribution in [0.25, 0.3) is 0 Å². The zero-order chi connectivity index (χ0) is 16.2. The molecule has 0 atom stereocenters. The summed E-state index contributed by atoms with van der Waals surface area (Å²) in [5.41, 5.74) is -2.15. The molecule has 21 heavy (non-hydrogen) atoms. The molecule has 0 aromatic heterocycles. The molecule has 0 saturated heterocycles. The Labute approximate surface area is 115 Å². The molecule has 0 aliphatic carbocycles. The third-order valence-corrected chi connectivity index (χ3v) is 2.14. The maximum absolute atomic E-state index is 12.2. The lowest BCUT2D eigenvalue weighted by atomic mass is 10.1. The summed E-state index contributed by atoms with van der Waals surface area (Å²) in [5.74, 6) is -2.24. The van der Waals surface area contributed by atoms with Crippen LogP contribution in [0.4, 0.5) is 18.9 Å². The third kappa shape index (κ3) is 4.07. The minimum Gasteiger partial charge on any atom is -0.462 e. The summed E-state index contributed by atoms with van der Waals surface area (Å²) in [7, 11) is 0. The Morgan fingerprint density at radius 2 is 2.10 bits per heavy atom. The van der Waals surface area contributed by atoms with Crippen LogP contribution in [0.5, 0.6) is 5.75 Å². The van der Waals surface area contributed by atoms with Gasteiger partial charge in [-0.25, -0.2) is 4.79 Å². The number of hydrogen-bond acceptors (Lipinski definition) is 6. The molecule has 0 spiro atoms. The van der Waals surface area contributed by atoms with Crippen LogP contribution in [0.15, 0.2) is 12.1 Å². The number of nitrogens with zero attached hydrogens (tertiary/aromatic N) is 2. The second kappa shape index (κ2) is 6.08. The number of nitro groups is 1. The van der Waals surface area contributed by atoms with Crippen molar-refractivity contribution in [1.29, 1.82) is 5.26 Å². The minimum absolute atomic E-state index is 0.0711. The first-order valence-corrected chi connectivity index (χ1v) is 5.35. The van der Waals surface area contributed by atoms with Gasteiger partial charge in [-0.1, -0.05) is 0 Å². The fourth-order valence-corrected chi connectivity index (χ4v) is 1.39. The van der Waals surface area contributed by atoms with Crippen molar-refractivity contribution in [2.24, 2.45) is 0 Å². The number of halogens is 3. The monoisotopic (exact) mass is 304 g/mol. The van der Waals surface area contributed by atoms with Gasteiger partial charge in [0.2, 0.25) is 5.75 Å². The first-order chi connectivity index (χ1) is 9.69. The second-order valence-corrected chi connectivity index (χ2v) is 3.50. The molecule has 0 unspecified atom stereocenters. The standard InChI is InChI=1S/C11H7F3N2O5/c1-2-20-10(17)7-4-8(16(18)19)9(3-6(7)5-15)21-11(12,13)14/h3-4H,2H2,1H3. The minimum atomic E-state index is -5.18. The second-order valence-electron chi connectivity index (χ2n) is 3.50. The van der Waals surface area contributed by atoms with Gasteiger partial charge in [0.1, 0.15) is 6.07 Å². The number of nitro benzene ring substituents is 1. The van der Waals surface area contributed by atoms with Gasteiger partial charge in [0.05, 0.1) is 22.7 Å². The zero-order valence-electron chi connectivity index (χ0n) is 10.4. The highest BCUT2D eigenvalue weighted by Gasteiger charge is 2.35. The Morgan fingerprint density at radius 1 is 1.48 bits per heavy atom. The molecule has 0 aliphatic rings. The number of ether oxygens (including phenoxy) is 2. The van der Waals surface area contributed by atoms with E-state index in [0.29, 0.717) is 12.1 Å². The van der Waals surface area contributed by atoms with Crippen molar-refractivity contribution in [2.45, 2.75) is 13.3 Å². The normalized spacial score (nSPS) is 10.6. The first-order valence-electron chi connectivity index (χ1n) is 5.35. The lowest BCUT2D eigenvalue weighted by Gasteiger charge is -2.11. The maximum atomic E-state index is 12.2. The van der Waals surface area contributed by atoms with E-state index in [9.17, 15) is 28.1 Å². The Balaban J connectivity index is 3.45. The molecule has 0 saturated carbocycles. The summed E-state index contributed by atoms with van der Waals surface area (Å²) in [4.78, 5) is 21.1. The van der Waals surface area contributed by atoms with Crippen molar-refractivity contribution in [3.8, 4) is 11.8 Å². The topological polar surface area (TPSA) is 102 Å². The molecule has 7 nitrogen and oxygen atoms in total. The Morgan fingerprint density at radius 3 is 2.52 bits per heavy atom. The quantitative estimate of drug-likeness (QED) is 0.481. The summed E-state index contributed by atoms with van der Waals surface area (Å²) in [6.07, 6.45) is -5.18. The smallest absolute Gasteiger partial charge is 0.462 e. The molecule has 10 heteroatoms. The number of esters is 1. The number of carbonyl (C=O) groups excluding carboxylic acids is 1. The fourth-order valence-electron chi connectivity index (χ4n) is 1.39. The third-order valence-electron chi connectivity index (χ3n) is 2.14. The van der Waals surface area contributed by atoms with Crippen LogP contribution in [0.2, 0.25) is 0 Å². The fraction of sp³-hybridized carbons (Fsp3) is 0.273. The largest absolute Gasteiger partial charge is 0.573 e. The van der Waals surface area contributed by atoms with E-state index in [1.54, 1.807) is 0 Å². The van der Waals surface area contributed by atoms with Gasteiger partial charge in [0.15, 0.2) is 0 Å². The highest BCUT2D eigenvalue weighted by atomic mass is 19.4. The molecule has 112 valence electrons. The van der Waals surface area contributed by atoms with Gasteiger partial charge in [-0.05, 0) is 6.92 Å². The lowest BCUT2D eigenvalue weighted by Crippen LogP contribution is -2.18. The molecule has 0 amide bonds. The van der Waals surface area contributed by atoms with Gasteiger partial charge in [-0.15, -0.1) is 13.2 Å². The van der Waals surface area contributed by atoms with Crippen LogP contribution in [-0.4, -0.2) is 23.9 Å². The lowest BCUT2D eigenvalue weighted by molar-refractivity contribution is -0.388. The van der Waals surface area contributed by atoms with Gasteiger partial charge in [0, 0.05) is 12.1 Å². The van der Waals surface area contributed by atoms with Crippen LogP contribution >= 0.6 is 0 Å². The molecular formula is C11H7F3N2O5. The van der Waals surface area contributed by atoms with Crippen molar-refractivity contribution in [2.75, 3.05) is 6.61 Å². The van der Waals surface area contributed by atoms with E-state index in [-0.39, 0.29) is 6.61 Å². The molecule has 1 rings (SSSR count). The molecule has 1 aromatic rings. The molecule has 0 N–H and O–H groups in total.